The molecule has 2 N–H and O–H groups in total. The number of nitrogen functional groups attached to an aromatic ring is 1. The van der Waals surface area contributed by atoms with Gasteiger partial charge in [-0.15, -0.1) is 10.2 Å². The zero-order valence-corrected chi connectivity index (χ0v) is 10.3. The van der Waals surface area contributed by atoms with E-state index in [9.17, 15) is 0 Å². The van der Waals surface area contributed by atoms with Gasteiger partial charge in [0.15, 0.2) is 0 Å². The van der Waals surface area contributed by atoms with Gasteiger partial charge in [-0.3, -0.25) is 0 Å². The summed E-state index contributed by atoms with van der Waals surface area (Å²) in [7, 11) is 1.67. The maximum atomic E-state index is 5.88. The first-order valence-corrected chi connectivity index (χ1v) is 6.08. The van der Waals surface area contributed by atoms with Gasteiger partial charge in [0.25, 0.3) is 0 Å². The molecule has 0 spiro atoms. The van der Waals surface area contributed by atoms with Gasteiger partial charge in [0.1, 0.15) is 17.3 Å². The number of para-hydroxylation sites is 1. The lowest BCUT2D eigenvalue weighted by Gasteiger charge is -2.11. The van der Waals surface area contributed by atoms with Gasteiger partial charge in [0.2, 0.25) is 0 Å². The van der Waals surface area contributed by atoms with Crippen molar-refractivity contribution in [3.63, 3.8) is 0 Å². The summed E-state index contributed by atoms with van der Waals surface area (Å²) < 4.78 is 5.39. The third-order valence-electron chi connectivity index (χ3n) is 3.43. The largest absolute Gasteiger partial charge is 0.496 e. The summed E-state index contributed by atoms with van der Waals surface area (Å²) in [5.41, 5.74) is 10.2. The molecule has 1 aromatic heterocycles. The average molecular weight is 241 g/mol. The van der Waals surface area contributed by atoms with Gasteiger partial charge in [-0.25, -0.2) is 0 Å². The molecule has 0 fully saturated rings. The number of hydrogen-bond donors (Lipinski definition) is 1. The summed E-state index contributed by atoms with van der Waals surface area (Å²) in [4.78, 5) is 0. The fraction of sp³-hybridized carbons (Fsp3) is 0.286. The lowest BCUT2D eigenvalue weighted by atomic mass is 10.0. The predicted molar refractivity (Wildman–Crippen MR) is 70.5 cm³/mol. The summed E-state index contributed by atoms with van der Waals surface area (Å²) in [6.07, 6.45) is 3.14. The fourth-order valence-corrected chi connectivity index (χ4v) is 2.57. The standard InChI is InChI=1S/C14H15N3O/c1-18-12-8-3-2-5-11(12)13-9-6-4-7-10(9)14(15)17-16-13/h2-3,5,8H,4,6-7H2,1H3,(H2,15,17). The second-order valence-electron chi connectivity index (χ2n) is 4.44. The molecule has 1 aliphatic rings. The first kappa shape index (κ1) is 11.0. The van der Waals surface area contributed by atoms with E-state index in [-0.39, 0.29) is 0 Å². The first-order valence-electron chi connectivity index (χ1n) is 6.08. The summed E-state index contributed by atoms with van der Waals surface area (Å²) in [5.74, 6) is 1.40. The predicted octanol–water partition coefficient (Wildman–Crippen LogP) is 2.22. The molecule has 0 amide bonds. The molecule has 18 heavy (non-hydrogen) atoms. The van der Waals surface area contributed by atoms with Crippen LogP contribution in [-0.4, -0.2) is 17.3 Å². The Balaban J connectivity index is 2.21. The van der Waals surface area contributed by atoms with Crippen molar-refractivity contribution >= 4 is 5.82 Å². The van der Waals surface area contributed by atoms with Crippen LogP contribution in [0.3, 0.4) is 0 Å². The SMILES string of the molecule is COc1ccccc1-c1nnc(N)c2c1CCC2. The summed E-state index contributed by atoms with van der Waals surface area (Å²) in [6, 6.07) is 7.89. The zero-order chi connectivity index (χ0) is 12.5. The average Bonchev–Trinajstić information content (AvgIpc) is 2.89. The van der Waals surface area contributed by atoms with E-state index in [4.69, 9.17) is 10.5 Å². The first-order chi connectivity index (χ1) is 8.81. The Kier molecular flexibility index (Phi) is 2.63. The molecule has 4 heteroatoms. The number of hydrogen-bond acceptors (Lipinski definition) is 4. The van der Waals surface area contributed by atoms with Crippen LogP contribution in [0.5, 0.6) is 5.75 Å². The van der Waals surface area contributed by atoms with E-state index >= 15 is 0 Å². The number of methoxy groups -OCH3 is 1. The molecule has 0 unspecified atom stereocenters. The van der Waals surface area contributed by atoms with Gasteiger partial charge in [-0.2, -0.15) is 0 Å². The highest BCUT2D eigenvalue weighted by Crippen LogP contribution is 2.36. The van der Waals surface area contributed by atoms with E-state index in [0.29, 0.717) is 5.82 Å². The normalized spacial score (nSPS) is 13.4. The van der Waals surface area contributed by atoms with Crippen molar-refractivity contribution < 1.29 is 4.74 Å². The number of nitrogens with two attached hydrogens (primary N) is 1. The molecule has 1 aromatic carbocycles. The molecule has 2 aromatic rings. The molecule has 0 aliphatic heterocycles. The zero-order valence-electron chi connectivity index (χ0n) is 10.3. The van der Waals surface area contributed by atoms with E-state index in [0.717, 1.165) is 41.8 Å². The van der Waals surface area contributed by atoms with E-state index in [2.05, 4.69) is 10.2 Å². The molecule has 0 radical (unpaired) electrons. The molecule has 4 nitrogen and oxygen atoms in total. The number of fused-ring (bicyclic) bond motifs is 1. The number of aromatic nitrogens is 2. The Morgan fingerprint density at radius 2 is 1.89 bits per heavy atom. The Hall–Kier alpha value is -2.10. The molecule has 1 aliphatic carbocycles. The van der Waals surface area contributed by atoms with Gasteiger partial charge < -0.3 is 10.5 Å². The minimum atomic E-state index is 0.571. The van der Waals surface area contributed by atoms with E-state index < -0.39 is 0 Å². The van der Waals surface area contributed by atoms with Gasteiger partial charge in [-0.05, 0) is 37.0 Å². The number of anilines is 1. The maximum absolute atomic E-state index is 5.88. The molecule has 0 saturated heterocycles. The van der Waals surface area contributed by atoms with Crippen LogP contribution in [0.2, 0.25) is 0 Å². The van der Waals surface area contributed by atoms with Crippen LogP contribution in [0.4, 0.5) is 5.82 Å². The van der Waals surface area contributed by atoms with Crippen LogP contribution < -0.4 is 10.5 Å². The smallest absolute Gasteiger partial charge is 0.149 e. The lowest BCUT2D eigenvalue weighted by Crippen LogP contribution is -2.03. The summed E-state index contributed by atoms with van der Waals surface area (Å²) in [6.45, 7) is 0. The van der Waals surface area contributed by atoms with Crippen LogP contribution in [-0.2, 0) is 12.8 Å². The Bertz CT molecular complexity index is 596. The molecule has 0 bridgehead atoms. The Morgan fingerprint density at radius 3 is 2.72 bits per heavy atom. The van der Waals surface area contributed by atoms with Gasteiger partial charge in [-0.1, -0.05) is 12.1 Å². The van der Waals surface area contributed by atoms with E-state index in [1.807, 2.05) is 24.3 Å². The topological polar surface area (TPSA) is 61.0 Å². The lowest BCUT2D eigenvalue weighted by molar-refractivity contribution is 0.416. The van der Waals surface area contributed by atoms with Crippen molar-refractivity contribution in [3.8, 4) is 17.0 Å². The van der Waals surface area contributed by atoms with Gasteiger partial charge in [0, 0.05) is 11.1 Å². The molecule has 3 rings (SSSR count). The van der Waals surface area contributed by atoms with Gasteiger partial charge in [0.05, 0.1) is 7.11 Å². The van der Waals surface area contributed by atoms with Crippen LogP contribution in [0.15, 0.2) is 24.3 Å². The van der Waals surface area contributed by atoms with Crippen molar-refractivity contribution in [3.05, 3.63) is 35.4 Å². The fourth-order valence-electron chi connectivity index (χ4n) is 2.57. The minimum absolute atomic E-state index is 0.571. The van der Waals surface area contributed by atoms with Crippen LogP contribution in [0, 0.1) is 0 Å². The molecule has 92 valence electrons. The van der Waals surface area contributed by atoms with Crippen molar-refractivity contribution in [2.24, 2.45) is 0 Å². The quantitative estimate of drug-likeness (QED) is 0.875. The summed E-state index contributed by atoms with van der Waals surface area (Å²) >= 11 is 0. The second-order valence-corrected chi connectivity index (χ2v) is 4.44. The minimum Gasteiger partial charge on any atom is -0.496 e. The van der Waals surface area contributed by atoms with Crippen molar-refractivity contribution in [2.75, 3.05) is 12.8 Å². The Morgan fingerprint density at radius 1 is 1.11 bits per heavy atom. The number of ether oxygens (including phenoxy) is 1. The number of rotatable bonds is 2. The third-order valence-corrected chi connectivity index (χ3v) is 3.43. The Labute approximate surface area is 106 Å². The monoisotopic (exact) mass is 241 g/mol. The number of benzene rings is 1. The van der Waals surface area contributed by atoms with Crippen molar-refractivity contribution in [1.82, 2.24) is 10.2 Å². The molecule has 1 heterocycles. The van der Waals surface area contributed by atoms with Crippen molar-refractivity contribution in [1.29, 1.82) is 0 Å². The summed E-state index contributed by atoms with van der Waals surface area (Å²) in [5, 5.41) is 8.35. The van der Waals surface area contributed by atoms with Crippen LogP contribution in [0.1, 0.15) is 17.5 Å². The highest BCUT2D eigenvalue weighted by Gasteiger charge is 2.22. The highest BCUT2D eigenvalue weighted by atomic mass is 16.5. The van der Waals surface area contributed by atoms with Gasteiger partial charge >= 0.3 is 0 Å². The van der Waals surface area contributed by atoms with Crippen LogP contribution in [0.25, 0.3) is 11.3 Å². The number of nitrogens with zero attached hydrogens (tertiary/aromatic N) is 2. The highest BCUT2D eigenvalue weighted by molar-refractivity contribution is 5.72. The van der Waals surface area contributed by atoms with Crippen LogP contribution >= 0.6 is 0 Å². The molecule has 0 saturated carbocycles. The molecular formula is C14H15N3O. The van der Waals surface area contributed by atoms with Crippen molar-refractivity contribution in [2.45, 2.75) is 19.3 Å². The molecular weight excluding hydrogens is 226 g/mol. The van der Waals surface area contributed by atoms with E-state index in [1.54, 1.807) is 7.11 Å². The third kappa shape index (κ3) is 1.61. The maximum Gasteiger partial charge on any atom is 0.149 e. The second kappa shape index (κ2) is 4.29. The molecule has 0 atom stereocenters. The van der Waals surface area contributed by atoms with E-state index in [1.165, 1.54) is 5.56 Å².